The largest absolute Gasteiger partial charge is 0.492 e. The number of ether oxygens (including phenoxy) is 1. The standard InChI is InChI=1S/C20H29N5O4S/c1-3-21-20(22-9-15-28-19-6-4-17(2)5-7-19)24-10-12-25(13-11-24)30(26,27)16-18-8-14-29-23-18/h4-8,14H,3,9-13,15-16H2,1-2H3,(H,21,22). The quantitative estimate of drug-likeness (QED) is 0.381. The van der Waals surface area contributed by atoms with E-state index in [2.05, 4.69) is 20.4 Å². The van der Waals surface area contributed by atoms with Crippen LogP contribution in [0.4, 0.5) is 0 Å². The van der Waals surface area contributed by atoms with Crippen molar-refractivity contribution in [2.24, 2.45) is 4.99 Å². The molecule has 0 spiro atoms. The summed E-state index contributed by atoms with van der Waals surface area (Å²) in [5, 5.41) is 6.98. The molecule has 1 aromatic carbocycles. The van der Waals surface area contributed by atoms with Crippen LogP contribution < -0.4 is 10.1 Å². The molecule has 1 fully saturated rings. The molecule has 0 aliphatic carbocycles. The molecule has 0 amide bonds. The molecule has 0 saturated carbocycles. The van der Waals surface area contributed by atoms with Gasteiger partial charge in [-0.2, -0.15) is 4.31 Å². The van der Waals surface area contributed by atoms with Crippen molar-refractivity contribution in [1.29, 1.82) is 0 Å². The third kappa shape index (κ3) is 6.20. The number of hydrogen-bond donors (Lipinski definition) is 1. The Balaban J connectivity index is 1.50. The zero-order valence-corrected chi connectivity index (χ0v) is 18.3. The number of aromatic nitrogens is 1. The van der Waals surface area contributed by atoms with Crippen molar-refractivity contribution in [3.05, 3.63) is 47.9 Å². The minimum atomic E-state index is -3.42. The van der Waals surface area contributed by atoms with E-state index in [1.54, 1.807) is 6.07 Å². The Kier molecular flexibility index (Phi) is 7.69. The van der Waals surface area contributed by atoms with Crippen molar-refractivity contribution in [3.63, 3.8) is 0 Å². The van der Waals surface area contributed by atoms with Gasteiger partial charge in [-0.3, -0.25) is 0 Å². The molecule has 10 heteroatoms. The number of nitrogens with zero attached hydrogens (tertiary/aromatic N) is 4. The number of rotatable bonds is 8. The van der Waals surface area contributed by atoms with E-state index in [0.29, 0.717) is 45.0 Å². The predicted molar refractivity (Wildman–Crippen MR) is 115 cm³/mol. The summed E-state index contributed by atoms with van der Waals surface area (Å²) in [7, 11) is -3.42. The van der Waals surface area contributed by atoms with Crippen LogP contribution in [0.15, 0.2) is 46.1 Å². The maximum absolute atomic E-state index is 12.6. The van der Waals surface area contributed by atoms with Gasteiger partial charge in [-0.15, -0.1) is 0 Å². The summed E-state index contributed by atoms with van der Waals surface area (Å²) in [6, 6.07) is 9.49. The highest BCUT2D eigenvalue weighted by atomic mass is 32.2. The highest BCUT2D eigenvalue weighted by Gasteiger charge is 2.28. The van der Waals surface area contributed by atoms with E-state index >= 15 is 0 Å². The third-order valence-electron chi connectivity index (χ3n) is 4.73. The van der Waals surface area contributed by atoms with E-state index in [-0.39, 0.29) is 5.75 Å². The van der Waals surface area contributed by atoms with E-state index in [0.717, 1.165) is 18.3 Å². The summed E-state index contributed by atoms with van der Waals surface area (Å²) in [5.74, 6) is 1.46. The molecule has 30 heavy (non-hydrogen) atoms. The van der Waals surface area contributed by atoms with Crippen molar-refractivity contribution >= 4 is 16.0 Å². The molecule has 1 aliphatic rings. The summed E-state index contributed by atoms with van der Waals surface area (Å²) in [4.78, 5) is 6.71. The first kappa shape index (κ1) is 22.1. The van der Waals surface area contributed by atoms with Crippen molar-refractivity contribution in [3.8, 4) is 5.75 Å². The molecular weight excluding hydrogens is 406 g/mol. The minimum Gasteiger partial charge on any atom is -0.492 e. The van der Waals surface area contributed by atoms with Gasteiger partial charge in [0.05, 0.1) is 12.2 Å². The highest BCUT2D eigenvalue weighted by molar-refractivity contribution is 7.88. The van der Waals surface area contributed by atoms with Gasteiger partial charge in [0.1, 0.15) is 24.4 Å². The van der Waals surface area contributed by atoms with Gasteiger partial charge >= 0.3 is 0 Å². The molecule has 1 aromatic heterocycles. The first-order valence-electron chi connectivity index (χ1n) is 10.1. The van der Waals surface area contributed by atoms with Crippen LogP contribution >= 0.6 is 0 Å². The fraction of sp³-hybridized carbons (Fsp3) is 0.500. The Bertz CT molecular complexity index is 905. The number of aliphatic imine (C=N–C) groups is 1. The van der Waals surface area contributed by atoms with E-state index in [9.17, 15) is 8.42 Å². The Morgan fingerprint density at radius 3 is 2.57 bits per heavy atom. The Labute approximate surface area is 177 Å². The highest BCUT2D eigenvalue weighted by Crippen LogP contribution is 2.13. The second kappa shape index (κ2) is 10.4. The van der Waals surface area contributed by atoms with Gasteiger partial charge in [0.2, 0.25) is 10.0 Å². The van der Waals surface area contributed by atoms with Crippen molar-refractivity contribution in [1.82, 2.24) is 19.7 Å². The average Bonchev–Trinajstić information content (AvgIpc) is 3.24. The van der Waals surface area contributed by atoms with Gasteiger partial charge < -0.3 is 19.5 Å². The molecule has 164 valence electrons. The van der Waals surface area contributed by atoms with Crippen LogP contribution in [0.3, 0.4) is 0 Å². The van der Waals surface area contributed by atoms with E-state index in [1.807, 2.05) is 38.1 Å². The summed E-state index contributed by atoms with van der Waals surface area (Å²) in [5.41, 5.74) is 1.61. The molecular formula is C20H29N5O4S. The SMILES string of the molecule is CCNC(=NCCOc1ccc(C)cc1)N1CCN(S(=O)(=O)Cc2ccon2)CC1. The van der Waals surface area contributed by atoms with E-state index < -0.39 is 10.0 Å². The number of sulfonamides is 1. The number of benzene rings is 1. The van der Waals surface area contributed by atoms with Gasteiger partial charge in [0.25, 0.3) is 0 Å². The summed E-state index contributed by atoms with van der Waals surface area (Å²) >= 11 is 0. The fourth-order valence-electron chi connectivity index (χ4n) is 3.14. The molecule has 0 atom stereocenters. The van der Waals surface area contributed by atoms with Crippen LogP contribution in [-0.4, -0.2) is 74.6 Å². The number of guanidine groups is 1. The molecule has 0 radical (unpaired) electrons. The molecule has 1 aliphatic heterocycles. The van der Waals surface area contributed by atoms with E-state index in [4.69, 9.17) is 9.26 Å². The lowest BCUT2D eigenvalue weighted by Crippen LogP contribution is -2.54. The van der Waals surface area contributed by atoms with Crippen LogP contribution in [-0.2, 0) is 15.8 Å². The molecule has 2 aromatic rings. The van der Waals surface area contributed by atoms with Crippen molar-refractivity contribution in [2.45, 2.75) is 19.6 Å². The summed E-state index contributed by atoms with van der Waals surface area (Å²) < 4.78 is 37.1. The maximum Gasteiger partial charge on any atom is 0.220 e. The maximum atomic E-state index is 12.6. The molecule has 0 bridgehead atoms. The molecule has 1 N–H and O–H groups in total. The summed E-state index contributed by atoms with van der Waals surface area (Å²) in [6.07, 6.45) is 1.38. The van der Waals surface area contributed by atoms with Gasteiger partial charge in [0.15, 0.2) is 5.96 Å². The molecule has 0 unspecified atom stereocenters. The Hall–Kier alpha value is -2.59. The summed E-state index contributed by atoms with van der Waals surface area (Å²) in [6.45, 7) is 7.74. The third-order valence-corrected chi connectivity index (χ3v) is 6.54. The van der Waals surface area contributed by atoms with Crippen molar-refractivity contribution < 1.29 is 17.7 Å². The smallest absolute Gasteiger partial charge is 0.220 e. The average molecular weight is 436 g/mol. The van der Waals surface area contributed by atoms with Crippen LogP contribution in [0.5, 0.6) is 5.75 Å². The van der Waals surface area contributed by atoms with Crippen LogP contribution in [0.2, 0.25) is 0 Å². The van der Waals surface area contributed by atoms with Crippen LogP contribution in [0.25, 0.3) is 0 Å². The Morgan fingerprint density at radius 1 is 1.20 bits per heavy atom. The molecule has 3 rings (SSSR count). The second-order valence-electron chi connectivity index (χ2n) is 7.03. The van der Waals surface area contributed by atoms with E-state index in [1.165, 1.54) is 16.1 Å². The monoisotopic (exact) mass is 435 g/mol. The lowest BCUT2D eigenvalue weighted by molar-refractivity contribution is 0.259. The molecule has 9 nitrogen and oxygen atoms in total. The zero-order valence-electron chi connectivity index (χ0n) is 17.5. The minimum absolute atomic E-state index is 0.145. The number of hydrogen-bond acceptors (Lipinski definition) is 6. The fourth-order valence-corrected chi connectivity index (χ4v) is 4.57. The second-order valence-corrected chi connectivity index (χ2v) is 9.00. The van der Waals surface area contributed by atoms with Gasteiger partial charge in [0, 0.05) is 38.8 Å². The molecule has 2 heterocycles. The van der Waals surface area contributed by atoms with Crippen molar-refractivity contribution in [2.75, 3.05) is 45.9 Å². The number of piperazine rings is 1. The van der Waals surface area contributed by atoms with Gasteiger partial charge in [-0.05, 0) is 26.0 Å². The van der Waals surface area contributed by atoms with Gasteiger partial charge in [-0.25, -0.2) is 13.4 Å². The first-order valence-corrected chi connectivity index (χ1v) is 11.7. The normalized spacial score (nSPS) is 15.9. The lowest BCUT2D eigenvalue weighted by Gasteiger charge is -2.35. The predicted octanol–water partition coefficient (Wildman–Crippen LogP) is 1.47. The van der Waals surface area contributed by atoms with Crippen LogP contribution in [0, 0.1) is 6.92 Å². The lowest BCUT2D eigenvalue weighted by atomic mass is 10.2. The Morgan fingerprint density at radius 2 is 1.93 bits per heavy atom. The van der Waals surface area contributed by atoms with Crippen LogP contribution in [0.1, 0.15) is 18.2 Å². The number of nitrogens with one attached hydrogen (secondary N) is 1. The number of aryl methyl sites for hydroxylation is 1. The van der Waals surface area contributed by atoms with Gasteiger partial charge in [-0.1, -0.05) is 22.9 Å². The first-order chi connectivity index (χ1) is 14.5. The molecule has 1 saturated heterocycles. The zero-order chi connectivity index (χ0) is 21.4. The topological polar surface area (TPSA) is 100 Å².